The Kier molecular flexibility index (Phi) is 4.14. The highest BCUT2D eigenvalue weighted by Crippen LogP contribution is 2.38. The van der Waals surface area contributed by atoms with Gasteiger partial charge in [-0.3, -0.25) is 4.79 Å². The molecule has 2 atom stereocenters. The standard InChI is InChI=1S/C12H22N2O3/c1-7(2)9(10(15)17-4)14-11(16)12(3,13)8-5-6-8/h7-9H,5-6,13H2,1-4H3,(H,14,16)/t9-,12?/m1/s1. The van der Waals surface area contributed by atoms with Gasteiger partial charge in [0.2, 0.25) is 5.91 Å². The fourth-order valence-electron chi connectivity index (χ4n) is 1.79. The summed E-state index contributed by atoms with van der Waals surface area (Å²) in [6, 6.07) is -0.630. The number of methoxy groups -OCH3 is 1. The van der Waals surface area contributed by atoms with Crippen molar-refractivity contribution >= 4 is 11.9 Å². The summed E-state index contributed by atoms with van der Waals surface area (Å²) >= 11 is 0. The van der Waals surface area contributed by atoms with E-state index in [1.165, 1.54) is 7.11 Å². The van der Waals surface area contributed by atoms with Gasteiger partial charge in [0.15, 0.2) is 0 Å². The monoisotopic (exact) mass is 242 g/mol. The zero-order chi connectivity index (χ0) is 13.2. The third-order valence-corrected chi connectivity index (χ3v) is 3.32. The van der Waals surface area contributed by atoms with Crippen LogP contribution in [-0.2, 0) is 14.3 Å². The van der Waals surface area contributed by atoms with E-state index in [4.69, 9.17) is 5.73 Å². The number of nitrogens with one attached hydrogen (secondary N) is 1. The van der Waals surface area contributed by atoms with Gasteiger partial charge in [-0.15, -0.1) is 0 Å². The Bertz CT molecular complexity index is 309. The van der Waals surface area contributed by atoms with Gasteiger partial charge >= 0.3 is 5.97 Å². The van der Waals surface area contributed by atoms with Crippen molar-refractivity contribution < 1.29 is 14.3 Å². The van der Waals surface area contributed by atoms with E-state index in [1.807, 2.05) is 13.8 Å². The lowest BCUT2D eigenvalue weighted by Crippen LogP contribution is -2.58. The highest BCUT2D eigenvalue weighted by Gasteiger charge is 2.45. The quantitative estimate of drug-likeness (QED) is 0.685. The third kappa shape index (κ3) is 3.19. The summed E-state index contributed by atoms with van der Waals surface area (Å²) in [7, 11) is 1.31. The van der Waals surface area contributed by atoms with Gasteiger partial charge in [-0.1, -0.05) is 13.8 Å². The summed E-state index contributed by atoms with van der Waals surface area (Å²) in [5, 5.41) is 2.69. The zero-order valence-corrected chi connectivity index (χ0v) is 10.9. The van der Waals surface area contributed by atoms with Gasteiger partial charge in [-0.2, -0.15) is 0 Å². The van der Waals surface area contributed by atoms with E-state index in [9.17, 15) is 9.59 Å². The molecule has 0 heterocycles. The van der Waals surface area contributed by atoms with Crippen LogP contribution in [0.3, 0.4) is 0 Å². The van der Waals surface area contributed by atoms with Gasteiger partial charge in [-0.25, -0.2) is 4.79 Å². The van der Waals surface area contributed by atoms with Crippen molar-refractivity contribution in [2.75, 3.05) is 7.11 Å². The minimum atomic E-state index is -0.888. The lowest BCUT2D eigenvalue weighted by Gasteiger charge is -2.27. The first kappa shape index (κ1) is 14.0. The molecule has 17 heavy (non-hydrogen) atoms. The van der Waals surface area contributed by atoms with Crippen LogP contribution in [0, 0.1) is 11.8 Å². The maximum atomic E-state index is 12.0. The van der Waals surface area contributed by atoms with Crippen LogP contribution < -0.4 is 11.1 Å². The molecule has 1 fully saturated rings. The van der Waals surface area contributed by atoms with Crippen molar-refractivity contribution in [3.8, 4) is 0 Å². The summed E-state index contributed by atoms with van der Waals surface area (Å²) in [5.41, 5.74) is 5.10. The first-order chi connectivity index (χ1) is 7.80. The second-order valence-corrected chi connectivity index (χ2v) is 5.28. The van der Waals surface area contributed by atoms with Crippen LogP contribution >= 0.6 is 0 Å². The number of esters is 1. The smallest absolute Gasteiger partial charge is 0.328 e. The molecule has 1 aliphatic rings. The van der Waals surface area contributed by atoms with Crippen LogP contribution in [0.1, 0.15) is 33.6 Å². The zero-order valence-electron chi connectivity index (χ0n) is 10.9. The van der Waals surface area contributed by atoms with Gasteiger partial charge in [0.05, 0.1) is 12.6 Å². The normalized spacial score (nSPS) is 20.6. The van der Waals surface area contributed by atoms with Crippen LogP contribution in [0.2, 0.25) is 0 Å². The molecule has 0 radical (unpaired) electrons. The van der Waals surface area contributed by atoms with Crippen molar-refractivity contribution in [2.24, 2.45) is 17.6 Å². The molecule has 5 heteroatoms. The molecule has 5 nitrogen and oxygen atoms in total. The lowest BCUT2D eigenvalue weighted by atomic mass is 9.94. The fraction of sp³-hybridized carbons (Fsp3) is 0.833. The summed E-state index contributed by atoms with van der Waals surface area (Å²) in [6.45, 7) is 5.42. The number of amides is 1. The molecular weight excluding hydrogens is 220 g/mol. The molecule has 0 saturated heterocycles. The number of nitrogens with two attached hydrogens (primary N) is 1. The van der Waals surface area contributed by atoms with Crippen molar-refractivity contribution in [1.29, 1.82) is 0 Å². The number of carbonyl (C=O) groups excluding carboxylic acids is 2. The summed E-state index contributed by atoms with van der Waals surface area (Å²) in [4.78, 5) is 23.6. The van der Waals surface area contributed by atoms with Crippen LogP contribution in [0.25, 0.3) is 0 Å². The number of ether oxygens (including phenoxy) is 1. The molecule has 3 N–H and O–H groups in total. The molecule has 1 rings (SSSR count). The SMILES string of the molecule is COC(=O)[C@H](NC(=O)C(C)(N)C1CC1)C(C)C. The molecular formula is C12H22N2O3. The minimum Gasteiger partial charge on any atom is -0.467 e. The minimum absolute atomic E-state index is 0.0265. The topological polar surface area (TPSA) is 81.4 Å². The van der Waals surface area contributed by atoms with Gasteiger partial charge < -0.3 is 15.8 Å². The Morgan fingerprint density at radius 2 is 1.94 bits per heavy atom. The molecule has 0 aromatic heterocycles. The molecule has 0 aliphatic heterocycles. The second kappa shape index (κ2) is 5.04. The van der Waals surface area contributed by atoms with Crippen molar-refractivity contribution in [3.05, 3.63) is 0 Å². The average molecular weight is 242 g/mol. The Hall–Kier alpha value is -1.10. The fourth-order valence-corrected chi connectivity index (χ4v) is 1.79. The van der Waals surface area contributed by atoms with Crippen molar-refractivity contribution in [2.45, 2.75) is 45.2 Å². The van der Waals surface area contributed by atoms with E-state index in [0.717, 1.165) is 12.8 Å². The van der Waals surface area contributed by atoms with Gasteiger partial charge in [0.25, 0.3) is 0 Å². The van der Waals surface area contributed by atoms with E-state index in [0.29, 0.717) is 0 Å². The summed E-state index contributed by atoms with van der Waals surface area (Å²) < 4.78 is 4.67. The van der Waals surface area contributed by atoms with Crippen LogP contribution in [0.4, 0.5) is 0 Å². The van der Waals surface area contributed by atoms with Crippen molar-refractivity contribution in [1.82, 2.24) is 5.32 Å². The molecule has 0 aromatic carbocycles. The Morgan fingerprint density at radius 3 is 2.29 bits per heavy atom. The third-order valence-electron chi connectivity index (χ3n) is 3.32. The van der Waals surface area contributed by atoms with Crippen LogP contribution in [0.5, 0.6) is 0 Å². The van der Waals surface area contributed by atoms with Crippen LogP contribution in [-0.4, -0.2) is 30.6 Å². The molecule has 0 spiro atoms. The highest BCUT2D eigenvalue weighted by atomic mass is 16.5. The second-order valence-electron chi connectivity index (χ2n) is 5.28. The van der Waals surface area contributed by atoms with E-state index in [1.54, 1.807) is 6.92 Å². The predicted molar refractivity (Wildman–Crippen MR) is 64.1 cm³/mol. The Balaban J connectivity index is 2.67. The van der Waals surface area contributed by atoms with E-state index in [-0.39, 0.29) is 17.7 Å². The van der Waals surface area contributed by atoms with E-state index < -0.39 is 17.6 Å². The maximum Gasteiger partial charge on any atom is 0.328 e. The predicted octanol–water partition coefficient (Wildman–Crippen LogP) is 0.428. The Labute approximate surface area is 102 Å². The largest absolute Gasteiger partial charge is 0.467 e. The molecule has 1 amide bonds. The van der Waals surface area contributed by atoms with Gasteiger partial charge in [0, 0.05) is 0 Å². The van der Waals surface area contributed by atoms with Crippen molar-refractivity contribution in [3.63, 3.8) is 0 Å². The van der Waals surface area contributed by atoms with Crippen LogP contribution in [0.15, 0.2) is 0 Å². The number of hydrogen-bond donors (Lipinski definition) is 2. The van der Waals surface area contributed by atoms with E-state index in [2.05, 4.69) is 10.1 Å². The van der Waals surface area contributed by atoms with Gasteiger partial charge in [0.1, 0.15) is 6.04 Å². The van der Waals surface area contributed by atoms with E-state index >= 15 is 0 Å². The summed E-state index contributed by atoms with van der Waals surface area (Å²) in [6.07, 6.45) is 1.95. The molecule has 1 unspecified atom stereocenters. The number of hydrogen-bond acceptors (Lipinski definition) is 4. The Morgan fingerprint density at radius 1 is 1.41 bits per heavy atom. The van der Waals surface area contributed by atoms with Gasteiger partial charge in [-0.05, 0) is 31.6 Å². The molecule has 1 saturated carbocycles. The molecule has 0 aromatic rings. The maximum absolute atomic E-state index is 12.0. The summed E-state index contributed by atoms with van der Waals surface area (Å²) in [5.74, 6) is -0.501. The number of rotatable bonds is 5. The first-order valence-electron chi connectivity index (χ1n) is 5.98. The first-order valence-corrected chi connectivity index (χ1v) is 5.98. The molecule has 1 aliphatic carbocycles. The average Bonchev–Trinajstić information content (AvgIpc) is 3.07. The highest BCUT2D eigenvalue weighted by molar-refractivity contribution is 5.90. The molecule has 98 valence electrons. The molecule has 0 bridgehead atoms. The number of carbonyl (C=O) groups is 2. The lowest BCUT2D eigenvalue weighted by molar-refractivity contribution is -0.147.